The molecule has 0 saturated carbocycles. The molecular weight excluding hydrogens is 287 g/mol. The molecule has 0 amide bonds. The molecule has 2 nitrogen and oxygen atoms in total. The number of nitrogens with one attached hydrogen (secondary N) is 1. The maximum Gasteiger partial charge on any atom is 0.101 e. The zero-order valence-electron chi connectivity index (χ0n) is 9.58. The number of hydrogen-bond acceptors (Lipinski definition) is 3. The van der Waals surface area contributed by atoms with Crippen molar-refractivity contribution in [1.29, 1.82) is 5.26 Å². The van der Waals surface area contributed by atoms with Crippen LogP contribution in [0.15, 0.2) is 30.3 Å². The zero-order valence-corrected chi connectivity index (χ0v) is 11.9. The molecule has 0 saturated heterocycles. The Kier molecular flexibility index (Phi) is 4.13. The lowest BCUT2D eigenvalue weighted by atomic mass is 10.1. The highest BCUT2D eigenvalue weighted by atomic mass is 35.5. The fraction of sp³-hybridized carbons (Fsp3) is 0.154. The Bertz CT molecular complexity index is 601. The van der Waals surface area contributed by atoms with E-state index in [4.69, 9.17) is 28.5 Å². The average molecular weight is 297 g/mol. The van der Waals surface area contributed by atoms with Gasteiger partial charge in [0.15, 0.2) is 0 Å². The summed E-state index contributed by atoms with van der Waals surface area (Å²) in [6, 6.07) is 11.3. The normalized spacial score (nSPS) is 11.9. The molecule has 1 atom stereocenters. The van der Waals surface area contributed by atoms with Gasteiger partial charge in [-0.2, -0.15) is 5.26 Å². The summed E-state index contributed by atoms with van der Waals surface area (Å²) in [7, 11) is 0. The quantitative estimate of drug-likeness (QED) is 0.855. The first-order valence-electron chi connectivity index (χ1n) is 5.31. The second-order valence-corrected chi connectivity index (χ2v) is 5.99. The van der Waals surface area contributed by atoms with Gasteiger partial charge in [0.1, 0.15) is 6.07 Å². The molecule has 0 spiro atoms. The Morgan fingerprint density at radius 1 is 1.28 bits per heavy atom. The van der Waals surface area contributed by atoms with E-state index < -0.39 is 0 Å². The van der Waals surface area contributed by atoms with Crippen LogP contribution in [0.4, 0.5) is 5.69 Å². The Morgan fingerprint density at radius 2 is 2.06 bits per heavy atom. The van der Waals surface area contributed by atoms with Crippen molar-refractivity contribution >= 4 is 40.2 Å². The third-order valence-corrected chi connectivity index (χ3v) is 4.14. The van der Waals surface area contributed by atoms with Crippen LogP contribution >= 0.6 is 34.5 Å². The highest BCUT2D eigenvalue weighted by molar-refractivity contribution is 7.16. The van der Waals surface area contributed by atoms with E-state index in [1.807, 2.05) is 25.1 Å². The van der Waals surface area contributed by atoms with Crippen LogP contribution in [0.5, 0.6) is 0 Å². The van der Waals surface area contributed by atoms with Crippen LogP contribution in [0.25, 0.3) is 0 Å². The van der Waals surface area contributed by atoms with Gasteiger partial charge in [0.2, 0.25) is 0 Å². The maximum absolute atomic E-state index is 9.06. The predicted octanol–water partition coefficient (Wildman–Crippen LogP) is 5.10. The van der Waals surface area contributed by atoms with Crippen molar-refractivity contribution in [3.8, 4) is 6.07 Å². The van der Waals surface area contributed by atoms with Crippen molar-refractivity contribution < 1.29 is 0 Å². The van der Waals surface area contributed by atoms with Crippen LogP contribution in [-0.4, -0.2) is 0 Å². The Balaban J connectivity index is 2.22. The van der Waals surface area contributed by atoms with Crippen molar-refractivity contribution in [2.75, 3.05) is 5.32 Å². The fourth-order valence-corrected chi connectivity index (χ4v) is 2.84. The second-order valence-electron chi connectivity index (χ2n) is 3.81. The van der Waals surface area contributed by atoms with E-state index in [2.05, 4.69) is 11.4 Å². The summed E-state index contributed by atoms with van der Waals surface area (Å²) in [6.45, 7) is 2.03. The Morgan fingerprint density at radius 3 is 2.67 bits per heavy atom. The first-order valence-corrected chi connectivity index (χ1v) is 6.89. The number of nitriles is 1. The predicted molar refractivity (Wildman–Crippen MR) is 77.5 cm³/mol. The molecule has 1 aromatic carbocycles. The number of nitrogens with zero attached hydrogens (tertiary/aromatic N) is 1. The SMILES string of the molecule is CC(Nc1ccc(Cl)cc1C#N)c1ccc(Cl)s1. The average Bonchev–Trinajstić information content (AvgIpc) is 2.78. The van der Waals surface area contributed by atoms with Crippen molar-refractivity contribution in [2.24, 2.45) is 0 Å². The molecule has 18 heavy (non-hydrogen) atoms. The molecule has 2 rings (SSSR count). The van der Waals surface area contributed by atoms with Crippen LogP contribution in [0, 0.1) is 11.3 Å². The van der Waals surface area contributed by atoms with Gasteiger partial charge in [0, 0.05) is 9.90 Å². The minimum atomic E-state index is 0.0933. The van der Waals surface area contributed by atoms with Gasteiger partial charge < -0.3 is 5.32 Å². The van der Waals surface area contributed by atoms with Crippen molar-refractivity contribution in [1.82, 2.24) is 0 Å². The second kappa shape index (κ2) is 5.62. The molecule has 0 fully saturated rings. The van der Waals surface area contributed by atoms with Crippen LogP contribution in [0.3, 0.4) is 0 Å². The van der Waals surface area contributed by atoms with E-state index in [0.29, 0.717) is 10.6 Å². The molecule has 0 aliphatic carbocycles. The lowest BCUT2D eigenvalue weighted by Crippen LogP contribution is -2.06. The molecule has 1 unspecified atom stereocenters. The van der Waals surface area contributed by atoms with E-state index in [1.54, 1.807) is 12.1 Å². The van der Waals surface area contributed by atoms with Gasteiger partial charge in [-0.3, -0.25) is 0 Å². The third-order valence-electron chi connectivity index (χ3n) is 2.49. The van der Waals surface area contributed by atoms with E-state index >= 15 is 0 Å². The van der Waals surface area contributed by atoms with E-state index in [0.717, 1.165) is 14.9 Å². The largest absolute Gasteiger partial charge is 0.377 e. The number of rotatable bonds is 3. The van der Waals surface area contributed by atoms with Crippen molar-refractivity contribution in [2.45, 2.75) is 13.0 Å². The summed E-state index contributed by atoms with van der Waals surface area (Å²) in [5.74, 6) is 0. The molecule has 92 valence electrons. The van der Waals surface area contributed by atoms with E-state index in [1.165, 1.54) is 11.3 Å². The zero-order chi connectivity index (χ0) is 13.1. The van der Waals surface area contributed by atoms with Gasteiger partial charge >= 0.3 is 0 Å². The van der Waals surface area contributed by atoms with Crippen LogP contribution in [0.1, 0.15) is 23.4 Å². The molecule has 0 bridgehead atoms. The summed E-state index contributed by atoms with van der Waals surface area (Å²) in [4.78, 5) is 1.12. The summed E-state index contributed by atoms with van der Waals surface area (Å²) in [5, 5.41) is 12.9. The number of halogens is 2. The maximum atomic E-state index is 9.06. The molecule has 1 aromatic heterocycles. The lowest BCUT2D eigenvalue weighted by molar-refractivity contribution is 0.907. The molecule has 5 heteroatoms. The molecule has 0 aliphatic heterocycles. The molecule has 0 radical (unpaired) electrons. The van der Waals surface area contributed by atoms with Crippen LogP contribution in [0.2, 0.25) is 9.36 Å². The molecule has 2 aromatic rings. The van der Waals surface area contributed by atoms with Gasteiger partial charge in [-0.1, -0.05) is 23.2 Å². The number of anilines is 1. The van der Waals surface area contributed by atoms with Crippen LogP contribution < -0.4 is 5.32 Å². The standard InChI is InChI=1S/C13H10Cl2N2S/c1-8(12-4-5-13(15)18-12)17-11-3-2-10(14)6-9(11)7-16/h2-6,8,17H,1H3. The number of hydrogen-bond donors (Lipinski definition) is 1. The van der Waals surface area contributed by atoms with E-state index in [9.17, 15) is 0 Å². The summed E-state index contributed by atoms with van der Waals surface area (Å²) < 4.78 is 0.760. The van der Waals surface area contributed by atoms with Crippen LogP contribution in [-0.2, 0) is 0 Å². The minimum absolute atomic E-state index is 0.0933. The van der Waals surface area contributed by atoms with E-state index in [-0.39, 0.29) is 6.04 Å². The van der Waals surface area contributed by atoms with Gasteiger partial charge in [-0.25, -0.2) is 0 Å². The molecule has 0 aliphatic rings. The van der Waals surface area contributed by atoms with Gasteiger partial charge in [-0.05, 0) is 37.3 Å². The first-order chi connectivity index (χ1) is 8.60. The Hall–Kier alpha value is -1.21. The lowest BCUT2D eigenvalue weighted by Gasteiger charge is -2.14. The number of benzene rings is 1. The Labute approximate surface area is 120 Å². The van der Waals surface area contributed by atoms with Crippen molar-refractivity contribution in [3.05, 3.63) is 50.1 Å². The summed E-state index contributed by atoms with van der Waals surface area (Å²) >= 11 is 13.3. The summed E-state index contributed by atoms with van der Waals surface area (Å²) in [6.07, 6.45) is 0. The van der Waals surface area contributed by atoms with Gasteiger partial charge in [-0.15, -0.1) is 11.3 Å². The van der Waals surface area contributed by atoms with Gasteiger partial charge in [0.05, 0.1) is 21.6 Å². The molecular formula is C13H10Cl2N2S. The van der Waals surface area contributed by atoms with Crippen molar-refractivity contribution in [3.63, 3.8) is 0 Å². The minimum Gasteiger partial charge on any atom is -0.377 e. The summed E-state index contributed by atoms with van der Waals surface area (Å²) in [5.41, 5.74) is 1.32. The fourth-order valence-electron chi connectivity index (χ4n) is 1.60. The highest BCUT2D eigenvalue weighted by Gasteiger charge is 2.10. The number of thiophene rings is 1. The molecule has 1 heterocycles. The highest BCUT2D eigenvalue weighted by Crippen LogP contribution is 2.30. The monoisotopic (exact) mass is 296 g/mol. The smallest absolute Gasteiger partial charge is 0.101 e. The molecule has 1 N–H and O–H groups in total. The topological polar surface area (TPSA) is 35.8 Å². The first kappa shape index (κ1) is 13.2. The third kappa shape index (κ3) is 2.97. The van der Waals surface area contributed by atoms with Gasteiger partial charge in [0.25, 0.3) is 0 Å².